The number of carbonyl (C=O) groups is 3. The van der Waals surface area contributed by atoms with Crippen LogP contribution in [0.3, 0.4) is 0 Å². The van der Waals surface area contributed by atoms with E-state index in [0.29, 0.717) is 0 Å². The fraction of sp³-hybridized carbons (Fsp3) is 0.667. The van der Waals surface area contributed by atoms with Crippen LogP contribution in [0.5, 0.6) is 0 Å². The van der Waals surface area contributed by atoms with E-state index in [1.807, 2.05) is 0 Å². The van der Waals surface area contributed by atoms with Crippen LogP contribution in [0.2, 0.25) is 0 Å². The van der Waals surface area contributed by atoms with E-state index < -0.39 is 30.1 Å². The van der Waals surface area contributed by atoms with Crippen LogP contribution in [-0.2, 0) is 9.59 Å². The smallest absolute Gasteiger partial charge is 0.326 e. The number of rotatable bonds is 4. The van der Waals surface area contributed by atoms with Crippen LogP contribution < -0.4 is 11.1 Å². The predicted molar refractivity (Wildman–Crippen MR) is 56.0 cm³/mol. The molecule has 8 heteroatoms. The Hall–Kier alpha value is -1.83. The van der Waals surface area contributed by atoms with Crippen LogP contribution in [0.25, 0.3) is 0 Å². The maximum absolute atomic E-state index is 11.6. The van der Waals surface area contributed by atoms with Gasteiger partial charge in [-0.15, -0.1) is 0 Å². The monoisotopic (exact) mass is 245 g/mol. The van der Waals surface area contributed by atoms with Gasteiger partial charge in [0.05, 0.1) is 6.10 Å². The molecule has 5 N–H and O–H groups in total. The standard InChI is InChI=1S/C9H15N3O5/c10-7(14)1-2-11-9(17)12-4-5(13)3-6(12)8(15)16/h5-6,13H,1-4H2,(H2,10,14)(H,11,17)(H,15,16)/t5?,6-/m0/s1. The first-order chi connectivity index (χ1) is 7.91. The Balaban J connectivity index is 2.49. The molecule has 0 aromatic rings. The summed E-state index contributed by atoms with van der Waals surface area (Å²) >= 11 is 0. The van der Waals surface area contributed by atoms with Gasteiger partial charge in [0.25, 0.3) is 0 Å². The van der Waals surface area contributed by atoms with Crippen molar-refractivity contribution in [2.24, 2.45) is 5.73 Å². The average Bonchev–Trinajstić information content (AvgIpc) is 2.59. The number of nitrogens with one attached hydrogen (secondary N) is 1. The first kappa shape index (κ1) is 13.2. The van der Waals surface area contributed by atoms with Gasteiger partial charge in [0, 0.05) is 25.9 Å². The fourth-order valence-electron chi connectivity index (χ4n) is 1.67. The molecule has 2 atom stereocenters. The fourth-order valence-corrected chi connectivity index (χ4v) is 1.67. The summed E-state index contributed by atoms with van der Waals surface area (Å²) in [5, 5.41) is 20.6. The summed E-state index contributed by atoms with van der Waals surface area (Å²) in [6.07, 6.45) is -0.837. The zero-order valence-electron chi connectivity index (χ0n) is 9.13. The van der Waals surface area contributed by atoms with Crippen molar-refractivity contribution >= 4 is 17.9 Å². The molecule has 1 saturated heterocycles. The zero-order valence-corrected chi connectivity index (χ0v) is 9.13. The summed E-state index contributed by atoms with van der Waals surface area (Å²) in [5.74, 6) is -1.71. The Morgan fingerprint density at radius 3 is 2.59 bits per heavy atom. The second kappa shape index (κ2) is 5.48. The molecule has 1 aliphatic rings. The number of aliphatic hydroxyl groups excluding tert-OH is 1. The SMILES string of the molecule is NC(=O)CCNC(=O)N1CC(O)C[C@H]1C(=O)O. The Bertz CT molecular complexity index is 333. The minimum absolute atomic E-state index is 0.0125. The lowest BCUT2D eigenvalue weighted by molar-refractivity contribution is -0.141. The molecule has 1 aliphatic heterocycles. The average molecular weight is 245 g/mol. The molecule has 0 spiro atoms. The van der Waals surface area contributed by atoms with Crippen molar-refractivity contribution in [1.82, 2.24) is 10.2 Å². The van der Waals surface area contributed by atoms with E-state index >= 15 is 0 Å². The molecule has 0 aromatic carbocycles. The largest absolute Gasteiger partial charge is 0.480 e. The molecular weight excluding hydrogens is 230 g/mol. The molecule has 0 saturated carbocycles. The van der Waals surface area contributed by atoms with Gasteiger partial charge in [-0.3, -0.25) is 4.79 Å². The van der Waals surface area contributed by atoms with Crippen molar-refractivity contribution in [1.29, 1.82) is 0 Å². The summed E-state index contributed by atoms with van der Waals surface area (Å²) in [4.78, 5) is 33.9. The third-order valence-electron chi connectivity index (χ3n) is 2.47. The maximum atomic E-state index is 11.6. The van der Waals surface area contributed by atoms with Crippen LogP contribution in [0.1, 0.15) is 12.8 Å². The molecular formula is C9H15N3O5. The number of amides is 3. The van der Waals surface area contributed by atoms with E-state index in [4.69, 9.17) is 10.8 Å². The predicted octanol–water partition coefficient (Wildman–Crippen LogP) is -1.91. The van der Waals surface area contributed by atoms with Gasteiger partial charge in [-0.25, -0.2) is 9.59 Å². The number of likely N-dealkylation sites (tertiary alicyclic amines) is 1. The van der Waals surface area contributed by atoms with E-state index in [9.17, 15) is 19.5 Å². The normalized spacial score (nSPS) is 23.5. The van der Waals surface area contributed by atoms with Crippen LogP contribution in [-0.4, -0.2) is 58.3 Å². The molecule has 0 aliphatic carbocycles. The van der Waals surface area contributed by atoms with E-state index in [-0.39, 0.29) is 25.9 Å². The van der Waals surface area contributed by atoms with Crippen LogP contribution >= 0.6 is 0 Å². The highest BCUT2D eigenvalue weighted by Crippen LogP contribution is 2.17. The number of β-amino-alcohol motifs (C(OH)–C–C–N with tert-alkyl or cyclic N) is 1. The minimum atomic E-state index is -1.16. The summed E-state index contributed by atoms with van der Waals surface area (Å²) in [5.41, 5.74) is 4.89. The topological polar surface area (TPSA) is 133 Å². The number of carboxylic acid groups (broad SMARTS) is 1. The Kier molecular flexibility index (Phi) is 4.27. The third-order valence-corrected chi connectivity index (χ3v) is 2.47. The second-order valence-electron chi connectivity index (χ2n) is 3.84. The molecule has 17 heavy (non-hydrogen) atoms. The number of nitrogens with two attached hydrogens (primary N) is 1. The van der Waals surface area contributed by atoms with Gasteiger partial charge in [-0.05, 0) is 0 Å². The molecule has 0 bridgehead atoms. The van der Waals surface area contributed by atoms with Crippen molar-refractivity contribution in [3.8, 4) is 0 Å². The molecule has 1 unspecified atom stereocenters. The van der Waals surface area contributed by atoms with Gasteiger partial charge in [0.1, 0.15) is 6.04 Å². The summed E-state index contributed by atoms with van der Waals surface area (Å²) in [7, 11) is 0. The molecule has 1 fully saturated rings. The number of urea groups is 1. The van der Waals surface area contributed by atoms with Crippen molar-refractivity contribution in [3.63, 3.8) is 0 Å². The van der Waals surface area contributed by atoms with E-state index in [1.54, 1.807) is 0 Å². The molecule has 0 aromatic heterocycles. The number of nitrogens with zero attached hydrogens (tertiary/aromatic N) is 1. The summed E-state index contributed by atoms with van der Waals surface area (Å²) in [6, 6.07) is -1.64. The van der Waals surface area contributed by atoms with Crippen molar-refractivity contribution in [3.05, 3.63) is 0 Å². The van der Waals surface area contributed by atoms with Crippen LogP contribution in [0, 0.1) is 0 Å². The highest BCUT2D eigenvalue weighted by molar-refractivity contribution is 5.83. The lowest BCUT2D eigenvalue weighted by Gasteiger charge is -2.21. The van der Waals surface area contributed by atoms with Gasteiger partial charge in [0.2, 0.25) is 5.91 Å². The summed E-state index contributed by atoms with van der Waals surface area (Å²) in [6.45, 7) is 0.0203. The van der Waals surface area contributed by atoms with E-state index in [1.165, 1.54) is 0 Å². The molecule has 1 heterocycles. The Labute approximate surface area is 97.4 Å². The molecule has 1 rings (SSSR count). The molecule has 0 radical (unpaired) electrons. The van der Waals surface area contributed by atoms with Gasteiger partial charge >= 0.3 is 12.0 Å². The van der Waals surface area contributed by atoms with E-state index in [0.717, 1.165) is 4.90 Å². The Morgan fingerprint density at radius 2 is 2.06 bits per heavy atom. The number of hydrogen-bond donors (Lipinski definition) is 4. The lowest BCUT2D eigenvalue weighted by Crippen LogP contribution is -2.46. The van der Waals surface area contributed by atoms with Crippen LogP contribution in [0.15, 0.2) is 0 Å². The quantitative estimate of drug-likeness (QED) is 0.458. The molecule has 3 amide bonds. The highest BCUT2D eigenvalue weighted by Gasteiger charge is 2.38. The maximum Gasteiger partial charge on any atom is 0.326 e. The number of aliphatic hydroxyl groups is 1. The third kappa shape index (κ3) is 3.59. The van der Waals surface area contributed by atoms with Gasteiger partial charge in [-0.2, -0.15) is 0 Å². The van der Waals surface area contributed by atoms with E-state index in [2.05, 4.69) is 5.32 Å². The second-order valence-corrected chi connectivity index (χ2v) is 3.84. The minimum Gasteiger partial charge on any atom is -0.480 e. The van der Waals surface area contributed by atoms with Gasteiger partial charge in [-0.1, -0.05) is 0 Å². The molecule has 96 valence electrons. The zero-order chi connectivity index (χ0) is 13.0. The number of carbonyl (C=O) groups excluding carboxylic acids is 2. The lowest BCUT2D eigenvalue weighted by atomic mass is 10.2. The summed E-state index contributed by atoms with van der Waals surface area (Å²) < 4.78 is 0. The number of primary amides is 1. The van der Waals surface area contributed by atoms with Crippen molar-refractivity contribution in [2.75, 3.05) is 13.1 Å². The first-order valence-corrected chi connectivity index (χ1v) is 5.15. The van der Waals surface area contributed by atoms with Crippen molar-refractivity contribution in [2.45, 2.75) is 25.0 Å². The van der Waals surface area contributed by atoms with Crippen LogP contribution in [0.4, 0.5) is 4.79 Å². The molecule has 8 nitrogen and oxygen atoms in total. The van der Waals surface area contributed by atoms with Gasteiger partial charge < -0.3 is 26.2 Å². The number of hydrogen-bond acceptors (Lipinski definition) is 4. The first-order valence-electron chi connectivity index (χ1n) is 5.15. The number of aliphatic carboxylic acids is 1. The van der Waals surface area contributed by atoms with Crippen molar-refractivity contribution < 1.29 is 24.6 Å². The Morgan fingerprint density at radius 1 is 1.41 bits per heavy atom. The van der Waals surface area contributed by atoms with Gasteiger partial charge in [0.15, 0.2) is 0 Å². The number of carboxylic acids is 1. The highest BCUT2D eigenvalue weighted by atomic mass is 16.4.